The molecule has 0 aliphatic carbocycles. The van der Waals surface area contributed by atoms with Gasteiger partial charge in [-0.25, -0.2) is 8.42 Å². The van der Waals surface area contributed by atoms with Crippen LogP contribution in [0.2, 0.25) is 0 Å². The van der Waals surface area contributed by atoms with E-state index in [9.17, 15) is 13.5 Å². The number of para-hydroxylation sites is 1. The maximum Gasteiger partial charge on any atom is 0.262 e. The topological polar surface area (TPSA) is 66.4 Å². The molecule has 2 rings (SSSR count). The fraction of sp³-hybridized carbons (Fsp3) is 0.200. The van der Waals surface area contributed by atoms with E-state index in [4.69, 9.17) is 0 Å². The molecule has 2 aromatic carbocycles. The van der Waals surface area contributed by atoms with Gasteiger partial charge in [-0.05, 0) is 29.7 Å². The van der Waals surface area contributed by atoms with Crippen molar-refractivity contribution in [1.29, 1.82) is 0 Å². The van der Waals surface area contributed by atoms with Gasteiger partial charge in [0.2, 0.25) is 0 Å². The lowest BCUT2D eigenvalue weighted by molar-refractivity contribution is 0.473. The van der Waals surface area contributed by atoms with E-state index < -0.39 is 10.0 Å². The maximum absolute atomic E-state index is 12.3. The minimum absolute atomic E-state index is 0.0380. The molecule has 0 saturated carbocycles. The summed E-state index contributed by atoms with van der Waals surface area (Å²) in [5.74, 6) is 0.128. The molecule has 0 heterocycles. The summed E-state index contributed by atoms with van der Waals surface area (Å²) in [6, 6.07) is 12.9. The van der Waals surface area contributed by atoms with Crippen LogP contribution in [-0.4, -0.2) is 13.5 Å². The smallest absolute Gasteiger partial charge is 0.262 e. The second-order valence-electron chi connectivity index (χ2n) is 4.84. The van der Waals surface area contributed by atoms with Crippen LogP contribution in [0.1, 0.15) is 25.3 Å². The molecular weight excluding hydrogens is 274 g/mol. The largest absolute Gasteiger partial charge is 0.508 e. The Bertz CT molecular complexity index is 709. The number of sulfonamides is 1. The summed E-state index contributed by atoms with van der Waals surface area (Å²) in [7, 11) is -3.70. The van der Waals surface area contributed by atoms with Crippen molar-refractivity contribution in [1.82, 2.24) is 0 Å². The van der Waals surface area contributed by atoms with E-state index in [0.717, 1.165) is 5.56 Å². The zero-order chi connectivity index (χ0) is 14.8. The summed E-state index contributed by atoms with van der Waals surface area (Å²) in [5, 5.41) is 9.39. The quantitative estimate of drug-likeness (QED) is 0.908. The van der Waals surface area contributed by atoms with Crippen LogP contribution in [0, 0.1) is 0 Å². The Labute approximate surface area is 119 Å². The standard InChI is InChI=1S/C15H17NO3S/c1-11(2)14-8-3-4-9-15(14)16-20(18,19)13-7-5-6-12(17)10-13/h3-11,16-17H,1-2H3. The van der Waals surface area contributed by atoms with E-state index in [1.165, 1.54) is 24.3 Å². The first kappa shape index (κ1) is 14.4. The van der Waals surface area contributed by atoms with Crippen molar-refractivity contribution in [2.24, 2.45) is 0 Å². The summed E-state index contributed by atoms with van der Waals surface area (Å²) in [4.78, 5) is 0.0380. The van der Waals surface area contributed by atoms with E-state index in [1.54, 1.807) is 12.1 Å². The first-order valence-electron chi connectivity index (χ1n) is 6.31. The Morgan fingerprint density at radius 2 is 1.75 bits per heavy atom. The van der Waals surface area contributed by atoms with E-state index >= 15 is 0 Å². The summed E-state index contributed by atoms with van der Waals surface area (Å²) in [5.41, 5.74) is 1.49. The van der Waals surface area contributed by atoms with Gasteiger partial charge in [0.25, 0.3) is 10.0 Å². The van der Waals surface area contributed by atoms with E-state index in [-0.39, 0.29) is 16.6 Å². The molecule has 0 atom stereocenters. The van der Waals surface area contributed by atoms with Gasteiger partial charge in [0, 0.05) is 6.07 Å². The van der Waals surface area contributed by atoms with Gasteiger partial charge in [-0.2, -0.15) is 0 Å². The van der Waals surface area contributed by atoms with Gasteiger partial charge in [-0.15, -0.1) is 0 Å². The Kier molecular flexibility index (Phi) is 3.99. The SMILES string of the molecule is CC(C)c1ccccc1NS(=O)(=O)c1cccc(O)c1. The Hall–Kier alpha value is -2.01. The molecule has 0 aliphatic rings. The fourth-order valence-corrected chi connectivity index (χ4v) is 3.07. The number of anilines is 1. The van der Waals surface area contributed by atoms with Gasteiger partial charge in [-0.1, -0.05) is 38.1 Å². The number of hydrogen-bond acceptors (Lipinski definition) is 3. The third-order valence-electron chi connectivity index (χ3n) is 2.96. The van der Waals surface area contributed by atoms with Gasteiger partial charge in [0.15, 0.2) is 0 Å². The van der Waals surface area contributed by atoms with Gasteiger partial charge < -0.3 is 5.11 Å². The number of rotatable bonds is 4. The predicted molar refractivity (Wildman–Crippen MR) is 79.4 cm³/mol. The molecule has 0 bridgehead atoms. The van der Waals surface area contributed by atoms with Crippen molar-refractivity contribution in [3.63, 3.8) is 0 Å². The van der Waals surface area contributed by atoms with Crippen LogP contribution in [0.4, 0.5) is 5.69 Å². The third-order valence-corrected chi connectivity index (χ3v) is 4.32. The van der Waals surface area contributed by atoms with Crippen LogP contribution in [-0.2, 0) is 10.0 Å². The third kappa shape index (κ3) is 3.11. The predicted octanol–water partition coefficient (Wildman–Crippen LogP) is 3.32. The van der Waals surface area contributed by atoms with E-state index in [0.29, 0.717) is 5.69 Å². The number of phenols is 1. The molecular formula is C15H17NO3S. The van der Waals surface area contributed by atoms with Crippen LogP contribution in [0.3, 0.4) is 0 Å². The average Bonchev–Trinajstić information content (AvgIpc) is 2.38. The molecule has 20 heavy (non-hydrogen) atoms. The van der Waals surface area contributed by atoms with Gasteiger partial charge >= 0.3 is 0 Å². The average molecular weight is 291 g/mol. The second-order valence-corrected chi connectivity index (χ2v) is 6.53. The minimum Gasteiger partial charge on any atom is -0.508 e. The van der Waals surface area contributed by atoms with Crippen molar-refractivity contribution in [3.05, 3.63) is 54.1 Å². The van der Waals surface area contributed by atoms with Crippen LogP contribution in [0.15, 0.2) is 53.4 Å². The van der Waals surface area contributed by atoms with Gasteiger partial charge in [-0.3, -0.25) is 4.72 Å². The van der Waals surface area contributed by atoms with Gasteiger partial charge in [0.05, 0.1) is 10.6 Å². The monoisotopic (exact) mass is 291 g/mol. The number of hydrogen-bond donors (Lipinski definition) is 2. The lowest BCUT2D eigenvalue weighted by Gasteiger charge is -2.14. The lowest BCUT2D eigenvalue weighted by atomic mass is 10.0. The Balaban J connectivity index is 2.39. The van der Waals surface area contributed by atoms with Crippen molar-refractivity contribution in [2.45, 2.75) is 24.7 Å². The highest BCUT2D eigenvalue weighted by Gasteiger charge is 2.17. The molecule has 0 amide bonds. The minimum atomic E-state index is -3.70. The fourth-order valence-electron chi connectivity index (χ4n) is 1.95. The van der Waals surface area contributed by atoms with Gasteiger partial charge in [0.1, 0.15) is 5.75 Å². The van der Waals surface area contributed by atoms with Crippen molar-refractivity contribution in [2.75, 3.05) is 4.72 Å². The van der Waals surface area contributed by atoms with Crippen LogP contribution < -0.4 is 4.72 Å². The highest BCUT2D eigenvalue weighted by molar-refractivity contribution is 7.92. The molecule has 0 aromatic heterocycles. The molecule has 5 heteroatoms. The second kappa shape index (κ2) is 5.54. The molecule has 106 valence electrons. The molecule has 2 aromatic rings. The van der Waals surface area contributed by atoms with E-state index in [2.05, 4.69) is 4.72 Å². The number of nitrogens with one attached hydrogen (secondary N) is 1. The molecule has 2 N–H and O–H groups in total. The van der Waals surface area contributed by atoms with Crippen LogP contribution in [0.5, 0.6) is 5.75 Å². The summed E-state index contributed by atoms with van der Waals surface area (Å²) in [6.07, 6.45) is 0. The molecule has 0 fully saturated rings. The highest BCUT2D eigenvalue weighted by Crippen LogP contribution is 2.26. The summed E-state index contributed by atoms with van der Waals surface area (Å²) < 4.78 is 27.2. The number of aromatic hydroxyl groups is 1. The highest BCUT2D eigenvalue weighted by atomic mass is 32.2. The first-order valence-corrected chi connectivity index (χ1v) is 7.79. The maximum atomic E-state index is 12.3. The van der Waals surface area contributed by atoms with Crippen molar-refractivity contribution >= 4 is 15.7 Å². The zero-order valence-electron chi connectivity index (χ0n) is 11.4. The number of benzene rings is 2. The molecule has 0 unspecified atom stereocenters. The molecule has 4 nitrogen and oxygen atoms in total. The molecule has 0 saturated heterocycles. The Morgan fingerprint density at radius 1 is 1.05 bits per heavy atom. The van der Waals surface area contributed by atoms with Crippen LogP contribution >= 0.6 is 0 Å². The zero-order valence-corrected chi connectivity index (χ0v) is 12.2. The summed E-state index contributed by atoms with van der Waals surface area (Å²) >= 11 is 0. The van der Waals surface area contributed by atoms with Crippen molar-refractivity contribution in [3.8, 4) is 5.75 Å². The van der Waals surface area contributed by atoms with Crippen molar-refractivity contribution < 1.29 is 13.5 Å². The summed E-state index contributed by atoms with van der Waals surface area (Å²) in [6.45, 7) is 4.00. The lowest BCUT2D eigenvalue weighted by Crippen LogP contribution is -2.14. The normalized spacial score (nSPS) is 11.6. The van der Waals surface area contributed by atoms with E-state index in [1.807, 2.05) is 26.0 Å². The molecule has 0 radical (unpaired) electrons. The first-order chi connectivity index (χ1) is 9.40. The van der Waals surface area contributed by atoms with Crippen LogP contribution in [0.25, 0.3) is 0 Å². The number of phenolic OH excluding ortho intramolecular Hbond substituents is 1. The molecule has 0 spiro atoms. The Morgan fingerprint density at radius 3 is 2.40 bits per heavy atom. The molecule has 0 aliphatic heterocycles.